The first kappa shape index (κ1) is 12.3. The Labute approximate surface area is 124 Å². The summed E-state index contributed by atoms with van der Waals surface area (Å²) in [6, 6.07) is 4.36. The molecule has 0 aromatic heterocycles. The molecule has 4 unspecified atom stereocenters. The number of ether oxygens (including phenoxy) is 1. The number of benzene rings is 1. The van der Waals surface area contributed by atoms with Gasteiger partial charge in [-0.2, -0.15) is 0 Å². The Morgan fingerprint density at radius 1 is 1.33 bits per heavy atom. The molecule has 1 saturated carbocycles. The molecule has 5 rings (SSSR count). The summed E-state index contributed by atoms with van der Waals surface area (Å²) in [6.45, 7) is 1.04. The van der Waals surface area contributed by atoms with Gasteiger partial charge in [0.25, 0.3) is 0 Å². The smallest absolute Gasteiger partial charge is 0.165 e. The molecule has 2 fully saturated rings. The molecular formula is C17H21NO3. The summed E-state index contributed by atoms with van der Waals surface area (Å²) >= 11 is 0. The van der Waals surface area contributed by atoms with Gasteiger partial charge >= 0.3 is 0 Å². The van der Waals surface area contributed by atoms with Gasteiger partial charge in [0, 0.05) is 17.0 Å². The lowest BCUT2D eigenvalue weighted by atomic mass is 9.51. The van der Waals surface area contributed by atoms with Crippen LogP contribution < -0.4 is 4.74 Å². The predicted molar refractivity (Wildman–Crippen MR) is 77.7 cm³/mol. The maximum atomic E-state index is 10.5. The zero-order chi connectivity index (χ0) is 14.4. The van der Waals surface area contributed by atoms with Crippen LogP contribution in [0.5, 0.6) is 11.5 Å². The van der Waals surface area contributed by atoms with Crippen LogP contribution in [0.25, 0.3) is 0 Å². The summed E-state index contributed by atoms with van der Waals surface area (Å²) in [6.07, 6.45) is 3.35. The highest BCUT2D eigenvalue weighted by molar-refractivity contribution is 5.60. The van der Waals surface area contributed by atoms with Gasteiger partial charge in [0.05, 0.1) is 6.10 Å². The Bertz CT molecular complexity index is 631. The van der Waals surface area contributed by atoms with Gasteiger partial charge in [0.1, 0.15) is 6.10 Å². The monoisotopic (exact) mass is 287 g/mol. The second kappa shape index (κ2) is 3.73. The van der Waals surface area contributed by atoms with Crippen molar-refractivity contribution in [1.82, 2.24) is 4.90 Å². The van der Waals surface area contributed by atoms with Crippen LogP contribution in [0.1, 0.15) is 30.4 Å². The number of aromatic hydroxyl groups is 1. The van der Waals surface area contributed by atoms with Crippen molar-refractivity contribution in [3.8, 4) is 11.5 Å². The lowest BCUT2D eigenvalue weighted by Crippen LogP contribution is -2.66. The van der Waals surface area contributed by atoms with Crippen LogP contribution in [0, 0.1) is 5.92 Å². The predicted octanol–water partition coefficient (Wildman–Crippen LogP) is 1.42. The van der Waals surface area contributed by atoms with Crippen molar-refractivity contribution in [2.75, 3.05) is 13.6 Å². The first-order valence-corrected chi connectivity index (χ1v) is 8.03. The second-order valence-electron chi connectivity index (χ2n) is 7.28. The molecule has 112 valence electrons. The van der Waals surface area contributed by atoms with E-state index < -0.39 is 6.10 Å². The molecule has 1 aromatic rings. The van der Waals surface area contributed by atoms with Crippen LogP contribution in [0.2, 0.25) is 0 Å². The minimum atomic E-state index is -0.414. The zero-order valence-corrected chi connectivity index (χ0v) is 12.2. The van der Waals surface area contributed by atoms with Crippen LogP contribution in [-0.2, 0) is 11.8 Å². The largest absolute Gasteiger partial charge is 0.504 e. The van der Waals surface area contributed by atoms with Crippen molar-refractivity contribution < 1.29 is 14.9 Å². The first-order valence-electron chi connectivity index (χ1n) is 8.03. The van der Waals surface area contributed by atoms with E-state index >= 15 is 0 Å². The number of likely N-dealkylation sites (N-methyl/N-ethyl adjacent to an activating group) is 1. The van der Waals surface area contributed by atoms with Crippen molar-refractivity contribution in [3.05, 3.63) is 23.3 Å². The summed E-state index contributed by atoms with van der Waals surface area (Å²) in [4.78, 5) is 2.48. The molecule has 2 bridgehead atoms. The minimum Gasteiger partial charge on any atom is -0.504 e. The fourth-order valence-corrected chi connectivity index (χ4v) is 5.71. The molecule has 4 nitrogen and oxygen atoms in total. The lowest BCUT2D eigenvalue weighted by Gasteiger charge is -2.58. The number of hydrogen-bond donors (Lipinski definition) is 2. The fourth-order valence-electron chi connectivity index (χ4n) is 5.71. The number of likely N-dealkylation sites (tertiary alicyclic amines) is 1. The molecule has 0 amide bonds. The fraction of sp³-hybridized carbons (Fsp3) is 0.647. The van der Waals surface area contributed by atoms with Crippen molar-refractivity contribution in [2.45, 2.75) is 49.3 Å². The minimum absolute atomic E-state index is 0.0729. The number of phenolic OH excluding ortho intramolecular Hbond substituents is 1. The number of aliphatic hydroxyl groups excluding tert-OH is 1. The molecule has 1 aromatic carbocycles. The molecule has 0 radical (unpaired) electrons. The van der Waals surface area contributed by atoms with Crippen LogP contribution in [0.3, 0.4) is 0 Å². The van der Waals surface area contributed by atoms with Crippen LogP contribution in [0.4, 0.5) is 0 Å². The van der Waals surface area contributed by atoms with E-state index in [1.807, 2.05) is 0 Å². The van der Waals surface area contributed by atoms with Crippen molar-refractivity contribution in [2.24, 2.45) is 5.92 Å². The van der Waals surface area contributed by atoms with E-state index in [1.165, 1.54) is 11.1 Å². The Hall–Kier alpha value is -1.26. The van der Waals surface area contributed by atoms with Crippen LogP contribution in [-0.4, -0.2) is 47.0 Å². The maximum Gasteiger partial charge on any atom is 0.165 e. The van der Waals surface area contributed by atoms with Crippen molar-refractivity contribution in [3.63, 3.8) is 0 Å². The first-order chi connectivity index (χ1) is 10.1. The quantitative estimate of drug-likeness (QED) is 0.758. The molecule has 1 spiro atoms. The highest BCUT2D eigenvalue weighted by Gasteiger charge is 2.65. The van der Waals surface area contributed by atoms with Crippen LogP contribution in [0.15, 0.2) is 12.1 Å². The third-order valence-electron chi connectivity index (χ3n) is 6.56. The Morgan fingerprint density at radius 3 is 3.05 bits per heavy atom. The van der Waals surface area contributed by atoms with Gasteiger partial charge in [-0.1, -0.05) is 6.07 Å². The van der Waals surface area contributed by atoms with Gasteiger partial charge < -0.3 is 19.8 Å². The molecule has 2 heterocycles. The summed E-state index contributed by atoms with van der Waals surface area (Å²) in [7, 11) is 2.22. The SMILES string of the molecule is CN1CCC23c4c5ccc(O)c4OC2[C@@H](O)CCC3C1C5. The highest BCUT2D eigenvalue weighted by atomic mass is 16.5. The topological polar surface area (TPSA) is 52.9 Å². The van der Waals surface area contributed by atoms with Gasteiger partial charge in [-0.05, 0) is 56.8 Å². The average molecular weight is 287 g/mol. The normalized spacial score (nSPS) is 43.3. The molecule has 1 saturated heterocycles. The van der Waals surface area contributed by atoms with Crippen LogP contribution >= 0.6 is 0 Å². The molecule has 2 N–H and O–H groups in total. The molecule has 2 aliphatic heterocycles. The second-order valence-corrected chi connectivity index (χ2v) is 7.28. The van der Waals surface area contributed by atoms with Gasteiger partial charge in [-0.15, -0.1) is 0 Å². The Kier molecular flexibility index (Phi) is 2.19. The number of rotatable bonds is 0. The maximum absolute atomic E-state index is 10.5. The van der Waals surface area contributed by atoms with E-state index in [2.05, 4.69) is 18.0 Å². The third-order valence-corrected chi connectivity index (χ3v) is 6.56. The zero-order valence-electron chi connectivity index (χ0n) is 12.2. The van der Waals surface area contributed by atoms with Crippen molar-refractivity contribution in [1.29, 1.82) is 0 Å². The van der Waals surface area contributed by atoms with Gasteiger partial charge in [0.15, 0.2) is 11.5 Å². The summed E-state index contributed by atoms with van der Waals surface area (Å²) in [5.41, 5.74) is 2.46. The van der Waals surface area contributed by atoms with E-state index in [1.54, 1.807) is 6.07 Å². The molecule has 4 heteroatoms. The van der Waals surface area contributed by atoms with Gasteiger partial charge in [0.2, 0.25) is 0 Å². The van der Waals surface area contributed by atoms with Gasteiger partial charge in [-0.3, -0.25) is 0 Å². The third kappa shape index (κ3) is 1.25. The summed E-state index contributed by atoms with van der Waals surface area (Å²) in [5.74, 6) is 1.44. The molecule has 4 aliphatic rings. The van der Waals surface area contributed by atoms with E-state index in [4.69, 9.17) is 4.74 Å². The number of piperidine rings is 1. The number of aliphatic hydroxyl groups is 1. The summed E-state index contributed by atoms with van der Waals surface area (Å²) < 4.78 is 6.14. The van der Waals surface area contributed by atoms with E-state index in [0.29, 0.717) is 17.7 Å². The van der Waals surface area contributed by atoms with Gasteiger partial charge in [-0.25, -0.2) is 0 Å². The Morgan fingerprint density at radius 2 is 2.19 bits per heavy atom. The van der Waals surface area contributed by atoms with E-state index in [0.717, 1.165) is 32.2 Å². The lowest BCUT2D eigenvalue weighted by molar-refractivity contribution is -0.0993. The molecular weight excluding hydrogens is 266 g/mol. The number of phenols is 1. The molecule has 5 atom stereocenters. The average Bonchev–Trinajstić information content (AvgIpc) is 2.83. The number of hydrogen-bond acceptors (Lipinski definition) is 4. The highest BCUT2D eigenvalue weighted by Crippen LogP contribution is 2.63. The molecule has 2 aliphatic carbocycles. The summed E-state index contributed by atoms with van der Waals surface area (Å²) in [5, 5.41) is 20.8. The van der Waals surface area contributed by atoms with E-state index in [9.17, 15) is 10.2 Å². The molecule has 21 heavy (non-hydrogen) atoms. The van der Waals surface area contributed by atoms with E-state index in [-0.39, 0.29) is 17.3 Å². The standard InChI is InChI=1S/C17H21NO3/c1-18-7-6-17-10-3-5-13(20)16(17)21-15-12(19)4-2-9(14(15)17)8-11(10)18/h2,4,10-11,13,16,19-20H,3,5-8H2,1H3/t10?,11?,13-,16?,17?/m0/s1. The number of nitrogens with zero attached hydrogens (tertiary/aromatic N) is 1. The van der Waals surface area contributed by atoms with Crippen molar-refractivity contribution >= 4 is 0 Å². The Balaban J connectivity index is 1.81.